The number of hydrogen-bond donors (Lipinski definition) is 0. The van der Waals surface area contributed by atoms with Crippen LogP contribution in [0, 0.1) is 0 Å². The fraction of sp³-hybridized carbons (Fsp3) is 0.143. The Morgan fingerprint density at radius 3 is 2.69 bits per heavy atom. The van der Waals surface area contributed by atoms with Crippen molar-refractivity contribution < 1.29 is 48.0 Å². The maximum Gasteiger partial charge on any atom is -1.00 e. The molecule has 0 spiro atoms. The topological polar surface area (TPSA) is 4.93 Å². The standard InChI is InChI=1S/C16H11BrN.C5H5.2ClH.Zr/c1-18-15-7-6-11(17)9-13(15)14-8-10-4-2-3-5-12(10)16(14)18;1-2-4-5-3-1;;;/h2-3,5-7,9H,8H2,1H3;1-3H,4H2;2*1H;/q;;;;+2/p-2. The summed E-state index contributed by atoms with van der Waals surface area (Å²) in [4.78, 5) is 0. The number of fused-ring (bicyclic) bond motifs is 5. The molecule has 1 aromatic heterocycles. The van der Waals surface area contributed by atoms with Gasteiger partial charge in [0.1, 0.15) is 0 Å². The zero-order chi connectivity index (χ0) is 16.3. The average Bonchev–Trinajstić information content (AvgIpc) is 3.26. The second-order valence-electron chi connectivity index (χ2n) is 6.51. The van der Waals surface area contributed by atoms with Crippen LogP contribution < -0.4 is 28.1 Å². The molecular formula is C21H16BrCl2NZr. The number of halogens is 3. The van der Waals surface area contributed by atoms with E-state index < -0.39 is 23.2 Å². The van der Waals surface area contributed by atoms with E-state index in [1.807, 2.05) is 0 Å². The predicted molar refractivity (Wildman–Crippen MR) is 100 cm³/mol. The van der Waals surface area contributed by atoms with Crippen LogP contribution in [0.5, 0.6) is 0 Å². The molecule has 130 valence electrons. The van der Waals surface area contributed by atoms with E-state index >= 15 is 0 Å². The number of nitrogens with zero attached hydrogens (tertiary/aromatic N) is 1. The summed E-state index contributed by atoms with van der Waals surface area (Å²) in [7, 11) is 2.21. The van der Waals surface area contributed by atoms with Crippen molar-refractivity contribution in [2.75, 3.05) is 0 Å². The van der Waals surface area contributed by atoms with Gasteiger partial charge in [0.25, 0.3) is 0 Å². The van der Waals surface area contributed by atoms with E-state index in [0.29, 0.717) is 0 Å². The van der Waals surface area contributed by atoms with Crippen LogP contribution in [0.2, 0.25) is 0 Å². The number of aryl methyl sites for hydroxylation is 1. The van der Waals surface area contributed by atoms with Gasteiger partial charge in [-0.25, -0.2) is 0 Å². The van der Waals surface area contributed by atoms with E-state index in [1.54, 1.807) is 12.1 Å². The van der Waals surface area contributed by atoms with E-state index in [1.165, 1.54) is 38.6 Å². The predicted octanol–water partition coefficient (Wildman–Crippen LogP) is -0.928. The molecule has 1 nitrogen and oxygen atoms in total. The third kappa shape index (κ3) is 3.12. The summed E-state index contributed by atoms with van der Waals surface area (Å²) < 4.78 is 6.90. The molecule has 0 amide bonds. The largest absolute Gasteiger partial charge is 1.00 e. The summed E-state index contributed by atoms with van der Waals surface area (Å²) in [5, 5.41) is 1.40. The van der Waals surface area contributed by atoms with Crippen LogP contribution in [0.25, 0.3) is 22.2 Å². The summed E-state index contributed by atoms with van der Waals surface area (Å²) in [6.07, 6.45) is 9.13. The third-order valence-corrected chi connectivity index (χ3v) is 9.12. The molecule has 0 atom stereocenters. The number of benzene rings is 2. The summed E-state index contributed by atoms with van der Waals surface area (Å²) in [5.41, 5.74) is 7.33. The molecule has 1 heterocycles. The first kappa shape index (κ1) is 20.1. The van der Waals surface area contributed by atoms with Crippen LogP contribution in [-0.4, -0.2) is 4.57 Å². The Morgan fingerprint density at radius 1 is 1.08 bits per heavy atom. The molecule has 0 fully saturated rings. The van der Waals surface area contributed by atoms with Gasteiger partial charge in [0.15, 0.2) is 0 Å². The molecule has 0 radical (unpaired) electrons. The Bertz CT molecular complexity index is 1070. The Morgan fingerprint density at radius 2 is 1.92 bits per heavy atom. The van der Waals surface area contributed by atoms with Crippen molar-refractivity contribution in [1.29, 1.82) is 0 Å². The molecule has 26 heavy (non-hydrogen) atoms. The Hall–Kier alpha value is -0.597. The molecular weight excluding hydrogens is 508 g/mol. The third-order valence-electron chi connectivity index (χ3n) is 5.12. The molecule has 2 aliphatic carbocycles. The van der Waals surface area contributed by atoms with E-state index in [0.717, 1.165) is 6.42 Å². The maximum atomic E-state index is 3.64. The van der Waals surface area contributed by atoms with Crippen molar-refractivity contribution in [3.05, 3.63) is 73.5 Å². The Kier molecular flexibility index (Phi) is 6.04. The zero-order valence-electron chi connectivity index (χ0n) is 14.2. The van der Waals surface area contributed by atoms with E-state index in [9.17, 15) is 0 Å². The number of rotatable bonds is 2. The molecule has 3 aromatic rings. The summed E-state index contributed by atoms with van der Waals surface area (Å²) >= 11 is 2.98. The zero-order valence-corrected chi connectivity index (χ0v) is 19.7. The minimum atomic E-state index is -0.659. The van der Waals surface area contributed by atoms with E-state index in [-0.39, 0.29) is 24.8 Å². The number of allylic oxidation sites excluding steroid dienone is 4. The van der Waals surface area contributed by atoms with Crippen LogP contribution in [0.15, 0.2) is 62.4 Å². The van der Waals surface area contributed by atoms with Crippen LogP contribution in [-0.2, 0) is 36.7 Å². The van der Waals surface area contributed by atoms with Crippen molar-refractivity contribution in [3.8, 4) is 11.3 Å². The first-order chi connectivity index (χ1) is 11.7. The monoisotopic (exact) mass is 521 g/mol. The number of aromatic nitrogens is 1. The number of hydrogen-bond acceptors (Lipinski definition) is 0. The average molecular weight is 524 g/mol. The molecule has 5 rings (SSSR count). The molecule has 0 saturated heterocycles. The van der Waals surface area contributed by atoms with Gasteiger partial charge in [0.2, 0.25) is 0 Å². The normalized spacial score (nSPS) is 13.5. The molecule has 0 unspecified atom stereocenters. The van der Waals surface area contributed by atoms with E-state index in [2.05, 4.69) is 82.2 Å². The maximum absolute atomic E-state index is 3.64. The van der Waals surface area contributed by atoms with Gasteiger partial charge in [-0.15, -0.1) is 0 Å². The molecule has 0 N–H and O–H groups in total. The first-order valence-electron chi connectivity index (χ1n) is 8.24. The fourth-order valence-electron chi connectivity index (χ4n) is 4.02. The molecule has 0 saturated carbocycles. The summed E-state index contributed by atoms with van der Waals surface area (Å²) in [6.45, 7) is 0. The van der Waals surface area contributed by atoms with Crippen molar-refractivity contribution >= 4 is 30.1 Å². The minimum absolute atomic E-state index is 0. The van der Waals surface area contributed by atoms with Crippen molar-refractivity contribution in [2.24, 2.45) is 7.05 Å². The molecule has 2 aliphatic rings. The van der Waals surface area contributed by atoms with Gasteiger partial charge in [-0.2, -0.15) is 0 Å². The van der Waals surface area contributed by atoms with E-state index in [4.69, 9.17) is 0 Å². The smallest absolute Gasteiger partial charge is 1.00 e. The van der Waals surface area contributed by atoms with Crippen LogP contribution in [0.3, 0.4) is 0 Å². The first-order valence-corrected chi connectivity index (χ1v) is 11.5. The minimum Gasteiger partial charge on any atom is -1.00 e. The summed E-state index contributed by atoms with van der Waals surface area (Å²) in [5.74, 6) is 0. The van der Waals surface area contributed by atoms with Gasteiger partial charge in [-0.1, -0.05) is 0 Å². The SMILES string of the molecule is Cn1c2c(c3cc(Br)ccc31)Cc1[c]([Zr+2][C]3=CC=CC3)cccc1-2.[Cl-].[Cl-]. The van der Waals surface area contributed by atoms with Gasteiger partial charge in [0.05, 0.1) is 0 Å². The van der Waals surface area contributed by atoms with Crippen LogP contribution in [0.1, 0.15) is 17.5 Å². The van der Waals surface area contributed by atoms with Gasteiger partial charge >= 0.3 is 163 Å². The van der Waals surface area contributed by atoms with Crippen molar-refractivity contribution in [1.82, 2.24) is 4.57 Å². The molecule has 0 aliphatic heterocycles. The Balaban J connectivity index is 0.000000980. The van der Waals surface area contributed by atoms with Crippen molar-refractivity contribution in [2.45, 2.75) is 12.8 Å². The van der Waals surface area contributed by atoms with Crippen LogP contribution in [0.4, 0.5) is 0 Å². The molecule has 0 bridgehead atoms. The molecule has 5 heteroatoms. The molecule has 2 aromatic carbocycles. The van der Waals surface area contributed by atoms with Gasteiger partial charge in [0, 0.05) is 0 Å². The quantitative estimate of drug-likeness (QED) is 0.320. The second-order valence-corrected chi connectivity index (χ2v) is 10.9. The van der Waals surface area contributed by atoms with Crippen LogP contribution >= 0.6 is 15.9 Å². The Labute approximate surface area is 186 Å². The van der Waals surface area contributed by atoms with Gasteiger partial charge < -0.3 is 24.8 Å². The summed E-state index contributed by atoms with van der Waals surface area (Å²) in [6, 6.07) is 13.6. The van der Waals surface area contributed by atoms with Crippen molar-refractivity contribution in [3.63, 3.8) is 0 Å². The fourth-order valence-corrected chi connectivity index (χ4v) is 7.57. The van der Waals surface area contributed by atoms with Gasteiger partial charge in [-0.3, -0.25) is 0 Å². The van der Waals surface area contributed by atoms with Gasteiger partial charge in [-0.05, 0) is 0 Å². The second kappa shape index (κ2) is 7.80.